The molecule has 0 aliphatic heterocycles. The summed E-state index contributed by atoms with van der Waals surface area (Å²) in [6.45, 7) is 2.38. The predicted molar refractivity (Wildman–Crippen MR) is 81.0 cm³/mol. The van der Waals surface area contributed by atoms with Crippen LogP contribution in [0.15, 0.2) is 24.3 Å². The van der Waals surface area contributed by atoms with Crippen LogP contribution in [-0.4, -0.2) is 6.04 Å². The number of nitrogens with one attached hydrogen (secondary N) is 1. The number of benzene rings is 1. The first-order chi connectivity index (χ1) is 9.72. The van der Waals surface area contributed by atoms with Gasteiger partial charge in [-0.1, -0.05) is 31.9 Å². The van der Waals surface area contributed by atoms with E-state index in [0.717, 1.165) is 11.8 Å². The maximum absolute atomic E-state index is 13.1. The van der Waals surface area contributed by atoms with Gasteiger partial charge in [-0.3, -0.25) is 0 Å². The second kappa shape index (κ2) is 6.26. The maximum Gasteiger partial charge on any atom is 0.123 e. The number of halogens is 1. The van der Waals surface area contributed by atoms with E-state index < -0.39 is 0 Å². The molecule has 0 bridgehead atoms. The molecule has 3 atom stereocenters. The SMILES string of the molecule is CC1CCCC(NC(c2ccc(F)cc2)C2CC2)CC1. The lowest BCUT2D eigenvalue weighted by atomic mass is 9.99. The fourth-order valence-electron chi connectivity index (χ4n) is 3.51. The van der Waals surface area contributed by atoms with E-state index in [4.69, 9.17) is 0 Å². The Balaban J connectivity index is 1.66. The molecule has 0 amide bonds. The lowest BCUT2D eigenvalue weighted by molar-refractivity contribution is 0.369. The van der Waals surface area contributed by atoms with Gasteiger partial charge in [0.1, 0.15) is 5.82 Å². The zero-order valence-corrected chi connectivity index (χ0v) is 12.4. The quantitative estimate of drug-likeness (QED) is 0.776. The average Bonchev–Trinajstić information content (AvgIpc) is 3.26. The summed E-state index contributed by atoms with van der Waals surface area (Å²) in [5, 5.41) is 3.89. The molecule has 0 radical (unpaired) electrons. The molecule has 0 saturated heterocycles. The third-order valence-corrected chi connectivity index (χ3v) is 5.00. The Kier molecular flexibility index (Phi) is 4.40. The van der Waals surface area contributed by atoms with Crippen LogP contribution in [0.2, 0.25) is 0 Å². The fraction of sp³-hybridized carbons (Fsp3) is 0.667. The van der Waals surface area contributed by atoms with Crippen LogP contribution in [0.1, 0.15) is 63.5 Å². The van der Waals surface area contributed by atoms with Gasteiger partial charge >= 0.3 is 0 Å². The molecule has 0 spiro atoms. The van der Waals surface area contributed by atoms with Crippen LogP contribution in [0.4, 0.5) is 4.39 Å². The lowest BCUT2D eigenvalue weighted by Crippen LogP contribution is -2.33. The van der Waals surface area contributed by atoms with Gasteiger partial charge in [0.15, 0.2) is 0 Å². The molecule has 110 valence electrons. The summed E-state index contributed by atoms with van der Waals surface area (Å²) in [5.41, 5.74) is 1.27. The van der Waals surface area contributed by atoms with E-state index in [0.29, 0.717) is 12.1 Å². The molecule has 2 saturated carbocycles. The van der Waals surface area contributed by atoms with Gasteiger partial charge in [-0.15, -0.1) is 0 Å². The van der Waals surface area contributed by atoms with Gasteiger partial charge in [-0.2, -0.15) is 0 Å². The highest BCUT2D eigenvalue weighted by Gasteiger charge is 2.33. The normalized spacial score (nSPS) is 28.9. The Bertz CT molecular complexity index is 424. The van der Waals surface area contributed by atoms with Crippen LogP contribution in [0.25, 0.3) is 0 Å². The summed E-state index contributed by atoms with van der Waals surface area (Å²) in [6, 6.07) is 8.21. The van der Waals surface area contributed by atoms with Crippen molar-refractivity contribution in [3.05, 3.63) is 35.6 Å². The molecule has 2 aliphatic rings. The van der Waals surface area contributed by atoms with Crippen molar-refractivity contribution in [1.82, 2.24) is 5.32 Å². The standard InChI is InChI=1S/C18H26FN/c1-13-3-2-4-17(12-5-13)20-18(14-6-7-14)15-8-10-16(19)11-9-15/h8-11,13-14,17-18,20H,2-7,12H2,1H3. The largest absolute Gasteiger partial charge is 0.307 e. The van der Waals surface area contributed by atoms with Crippen LogP contribution < -0.4 is 5.32 Å². The first-order valence-electron chi connectivity index (χ1n) is 8.24. The van der Waals surface area contributed by atoms with Crippen molar-refractivity contribution in [2.75, 3.05) is 0 Å². The minimum atomic E-state index is -0.133. The number of hydrogen-bond acceptors (Lipinski definition) is 1. The van der Waals surface area contributed by atoms with Crippen molar-refractivity contribution < 1.29 is 4.39 Å². The predicted octanol–water partition coefficient (Wildman–Crippen LogP) is 4.84. The van der Waals surface area contributed by atoms with Crippen LogP contribution in [0.5, 0.6) is 0 Å². The molecule has 0 aromatic heterocycles. The van der Waals surface area contributed by atoms with Gasteiger partial charge < -0.3 is 5.32 Å². The molecular formula is C18H26FN. The molecule has 1 aromatic rings. The van der Waals surface area contributed by atoms with Crippen molar-refractivity contribution in [1.29, 1.82) is 0 Å². The average molecular weight is 275 g/mol. The third-order valence-electron chi connectivity index (χ3n) is 5.00. The minimum absolute atomic E-state index is 0.133. The summed E-state index contributed by atoms with van der Waals surface area (Å²) in [7, 11) is 0. The molecule has 0 heterocycles. The van der Waals surface area contributed by atoms with E-state index in [9.17, 15) is 4.39 Å². The maximum atomic E-state index is 13.1. The summed E-state index contributed by atoms with van der Waals surface area (Å²) in [4.78, 5) is 0. The topological polar surface area (TPSA) is 12.0 Å². The van der Waals surface area contributed by atoms with E-state index in [1.54, 1.807) is 12.1 Å². The molecule has 1 nitrogen and oxygen atoms in total. The monoisotopic (exact) mass is 275 g/mol. The second-order valence-electron chi connectivity index (χ2n) is 6.84. The first kappa shape index (κ1) is 14.1. The Morgan fingerprint density at radius 2 is 1.75 bits per heavy atom. The summed E-state index contributed by atoms with van der Waals surface area (Å²) in [6.07, 6.45) is 9.30. The molecule has 3 unspecified atom stereocenters. The summed E-state index contributed by atoms with van der Waals surface area (Å²) in [5.74, 6) is 1.51. The molecule has 1 N–H and O–H groups in total. The Hall–Kier alpha value is -0.890. The zero-order chi connectivity index (χ0) is 13.9. The highest BCUT2D eigenvalue weighted by molar-refractivity contribution is 5.22. The van der Waals surface area contributed by atoms with Gasteiger partial charge in [0.2, 0.25) is 0 Å². The zero-order valence-electron chi connectivity index (χ0n) is 12.4. The van der Waals surface area contributed by atoms with Gasteiger partial charge in [-0.05, 0) is 61.6 Å². The molecule has 2 heteroatoms. The molecule has 2 fully saturated rings. The smallest absolute Gasteiger partial charge is 0.123 e. The van der Waals surface area contributed by atoms with Gasteiger partial charge in [-0.25, -0.2) is 4.39 Å². The van der Waals surface area contributed by atoms with Crippen molar-refractivity contribution in [3.63, 3.8) is 0 Å². The van der Waals surface area contributed by atoms with E-state index in [1.165, 1.54) is 50.5 Å². The molecule has 20 heavy (non-hydrogen) atoms. The van der Waals surface area contributed by atoms with E-state index in [2.05, 4.69) is 12.2 Å². The lowest BCUT2D eigenvalue weighted by Gasteiger charge is -2.25. The third kappa shape index (κ3) is 3.60. The Morgan fingerprint density at radius 1 is 1.00 bits per heavy atom. The second-order valence-corrected chi connectivity index (χ2v) is 6.84. The van der Waals surface area contributed by atoms with Crippen LogP contribution >= 0.6 is 0 Å². The highest BCUT2D eigenvalue weighted by atomic mass is 19.1. The van der Waals surface area contributed by atoms with Gasteiger partial charge in [0.25, 0.3) is 0 Å². The van der Waals surface area contributed by atoms with Crippen molar-refractivity contribution >= 4 is 0 Å². The molecule has 3 rings (SSSR count). The summed E-state index contributed by atoms with van der Waals surface area (Å²) < 4.78 is 13.1. The molecule has 1 aromatic carbocycles. The minimum Gasteiger partial charge on any atom is -0.307 e. The van der Waals surface area contributed by atoms with E-state index in [-0.39, 0.29) is 5.82 Å². The molecule has 2 aliphatic carbocycles. The summed E-state index contributed by atoms with van der Waals surface area (Å²) >= 11 is 0. The van der Waals surface area contributed by atoms with Crippen LogP contribution in [0.3, 0.4) is 0 Å². The van der Waals surface area contributed by atoms with Gasteiger partial charge in [0, 0.05) is 12.1 Å². The fourth-order valence-corrected chi connectivity index (χ4v) is 3.51. The van der Waals surface area contributed by atoms with Gasteiger partial charge in [0.05, 0.1) is 0 Å². The van der Waals surface area contributed by atoms with Crippen molar-refractivity contribution in [2.24, 2.45) is 11.8 Å². The Labute approximate surface area is 122 Å². The first-order valence-corrected chi connectivity index (χ1v) is 8.24. The number of hydrogen-bond donors (Lipinski definition) is 1. The molecular weight excluding hydrogens is 249 g/mol. The van der Waals surface area contributed by atoms with E-state index in [1.807, 2.05) is 12.1 Å². The van der Waals surface area contributed by atoms with Crippen molar-refractivity contribution in [2.45, 2.75) is 64.0 Å². The number of rotatable bonds is 4. The Morgan fingerprint density at radius 3 is 2.45 bits per heavy atom. The highest BCUT2D eigenvalue weighted by Crippen LogP contribution is 2.42. The van der Waals surface area contributed by atoms with Crippen molar-refractivity contribution in [3.8, 4) is 0 Å². The van der Waals surface area contributed by atoms with Crippen LogP contribution in [0, 0.1) is 17.7 Å². The van der Waals surface area contributed by atoms with E-state index >= 15 is 0 Å². The van der Waals surface area contributed by atoms with Crippen LogP contribution in [-0.2, 0) is 0 Å².